The van der Waals surface area contributed by atoms with Gasteiger partial charge in [-0.15, -0.1) is 0 Å². The molecule has 3 rings (SSSR count). The molecule has 21 heavy (non-hydrogen) atoms. The van der Waals surface area contributed by atoms with Crippen molar-refractivity contribution in [1.82, 2.24) is 0 Å². The van der Waals surface area contributed by atoms with Gasteiger partial charge in [-0.05, 0) is 23.8 Å². The van der Waals surface area contributed by atoms with Gasteiger partial charge in [-0.3, -0.25) is 0 Å². The zero-order valence-electron chi connectivity index (χ0n) is 10.9. The van der Waals surface area contributed by atoms with Crippen LogP contribution in [0.4, 0.5) is 4.39 Å². The molecule has 3 nitrogen and oxygen atoms in total. The van der Waals surface area contributed by atoms with E-state index in [4.69, 9.17) is 38.4 Å². The number of hydrogen-bond donors (Lipinski definition) is 1. The minimum atomic E-state index is -0.717. The Morgan fingerprint density at radius 3 is 2.33 bits per heavy atom. The first kappa shape index (κ1) is 14.4. The van der Waals surface area contributed by atoms with Crippen LogP contribution in [0.5, 0.6) is 11.5 Å². The highest BCUT2D eigenvalue weighted by Gasteiger charge is 2.21. The van der Waals surface area contributed by atoms with Crippen LogP contribution in [0.3, 0.4) is 0 Å². The number of ether oxygens (including phenoxy) is 2. The van der Waals surface area contributed by atoms with Gasteiger partial charge in [0.1, 0.15) is 19.0 Å². The van der Waals surface area contributed by atoms with E-state index in [1.165, 1.54) is 6.07 Å². The number of benzene rings is 2. The summed E-state index contributed by atoms with van der Waals surface area (Å²) >= 11 is 12.0. The Morgan fingerprint density at radius 2 is 1.67 bits per heavy atom. The van der Waals surface area contributed by atoms with E-state index >= 15 is 0 Å². The molecule has 6 heteroatoms. The Hall–Kier alpha value is -1.49. The van der Waals surface area contributed by atoms with Crippen LogP contribution in [0.1, 0.15) is 17.2 Å². The van der Waals surface area contributed by atoms with Crippen molar-refractivity contribution in [2.45, 2.75) is 6.04 Å². The minimum Gasteiger partial charge on any atom is -0.486 e. The van der Waals surface area contributed by atoms with Crippen LogP contribution < -0.4 is 15.2 Å². The van der Waals surface area contributed by atoms with E-state index in [1.807, 2.05) is 0 Å². The van der Waals surface area contributed by atoms with E-state index in [1.54, 1.807) is 24.3 Å². The SMILES string of the molecule is NC(c1ccc(Cl)cc1F)c1cc2c(cc1Cl)OCCO2. The molecule has 0 saturated heterocycles. The van der Waals surface area contributed by atoms with Crippen LogP contribution >= 0.6 is 23.2 Å². The van der Waals surface area contributed by atoms with Gasteiger partial charge < -0.3 is 15.2 Å². The van der Waals surface area contributed by atoms with E-state index in [0.29, 0.717) is 45.9 Å². The van der Waals surface area contributed by atoms with Crippen molar-refractivity contribution in [3.05, 3.63) is 57.3 Å². The third-order valence-corrected chi connectivity index (χ3v) is 3.86. The van der Waals surface area contributed by atoms with Crippen molar-refractivity contribution in [2.75, 3.05) is 13.2 Å². The topological polar surface area (TPSA) is 44.5 Å². The molecule has 0 aliphatic carbocycles. The summed E-state index contributed by atoms with van der Waals surface area (Å²) in [6.07, 6.45) is 0. The second kappa shape index (κ2) is 5.72. The Bertz CT molecular complexity index is 694. The Balaban J connectivity index is 2.03. The van der Waals surface area contributed by atoms with Crippen LogP contribution in [-0.2, 0) is 0 Å². The number of fused-ring (bicyclic) bond motifs is 1. The lowest BCUT2D eigenvalue weighted by Crippen LogP contribution is -2.18. The van der Waals surface area contributed by atoms with E-state index < -0.39 is 11.9 Å². The first-order chi connectivity index (χ1) is 10.1. The van der Waals surface area contributed by atoms with Crippen molar-refractivity contribution in [2.24, 2.45) is 5.73 Å². The molecule has 0 radical (unpaired) electrons. The maximum Gasteiger partial charge on any atom is 0.162 e. The molecule has 0 amide bonds. The molecule has 0 bridgehead atoms. The minimum absolute atomic E-state index is 0.316. The quantitative estimate of drug-likeness (QED) is 0.908. The molecule has 2 aromatic carbocycles. The molecule has 110 valence electrons. The maximum atomic E-state index is 14.0. The van der Waals surface area contributed by atoms with Crippen LogP contribution in [-0.4, -0.2) is 13.2 Å². The number of rotatable bonds is 2. The number of hydrogen-bond acceptors (Lipinski definition) is 3. The molecular weight excluding hydrogens is 316 g/mol. The highest BCUT2D eigenvalue weighted by molar-refractivity contribution is 6.31. The summed E-state index contributed by atoms with van der Waals surface area (Å²) in [6.45, 7) is 0.930. The standard InChI is InChI=1S/C15H12Cl2FNO2/c16-8-1-2-9(12(18)5-8)15(19)10-6-13-14(7-11(10)17)21-4-3-20-13/h1-2,5-7,15H,3-4,19H2. The lowest BCUT2D eigenvalue weighted by atomic mass is 9.98. The smallest absolute Gasteiger partial charge is 0.162 e. The van der Waals surface area contributed by atoms with Gasteiger partial charge in [0.05, 0.1) is 6.04 Å². The third-order valence-electron chi connectivity index (χ3n) is 3.29. The summed E-state index contributed by atoms with van der Waals surface area (Å²) in [5.41, 5.74) is 7.03. The second-order valence-corrected chi connectivity index (χ2v) is 5.50. The molecule has 1 unspecified atom stereocenters. The fraction of sp³-hybridized carbons (Fsp3) is 0.200. The van der Waals surface area contributed by atoms with Crippen LogP contribution in [0.15, 0.2) is 30.3 Å². The molecule has 0 saturated carbocycles. The fourth-order valence-corrected chi connectivity index (χ4v) is 2.67. The maximum absolute atomic E-state index is 14.0. The number of halogens is 3. The Labute approximate surface area is 131 Å². The molecule has 1 aliphatic heterocycles. The average molecular weight is 328 g/mol. The predicted molar refractivity (Wildman–Crippen MR) is 79.9 cm³/mol. The molecule has 0 spiro atoms. The summed E-state index contributed by atoms with van der Waals surface area (Å²) in [7, 11) is 0. The van der Waals surface area contributed by atoms with Crippen molar-refractivity contribution in [3.8, 4) is 11.5 Å². The zero-order valence-corrected chi connectivity index (χ0v) is 12.4. The van der Waals surface area contributed by atoms with Gasteiger partial charge in [0, 0.05) is 21.7 Å². The second-order valence-electron chi connectivity index (χ2n) is 4.66. The molecule has 1 aliphatic rings. The third kappa shape index (κ3) is 2.79. The molecule has 0 fully saturated rings. The van der Waals surface area contributed by atoms with Gasteiger partial charge in [-0.25, -0.2) is 4.39 Å². The largest absolute Gasteiger partial charge is 0.486 e. The average Bonchev–Trinajstić information content (AvgIpc) is 2.46. The molecule has 1 atom stereocenters. The molecule has 2 aromatic rings. The van der Waals surface area contributed by atoms with Gasteiger partial charge in [0.15, 0.2) is 11.5 Å². The summed E-state index contributed by atoms with van der Waals surface area (Å²) in [6, 6.07) is 6.98. The van der Waals surface area contributed by atoms with Crippen LogP contribution in [0.25, 0.3) is 0 Å². The monoisotopic (exact) mass is 327 g/mol. The Morgan fingerprint density at radius 1 is 1.00 bits per heavy atom. The van der Waals surface area contributed by atoms with Gasteiger partial charge in [0.2, 0.25) is 0 Å². The van der Waals surface area contributed by atoms with Crippen LogP contribution in [0, 0.1) is 5.82 Å². The van der Waals surface area contributed by atoms with E-state index in [9.17, 15) is 4.39 Å². The summed E-state index contributed by atoms with van der Waals surface area (Å²) in [5.74, 6) is 0.658. The predicted octanol–water partition coefficient (Wildman–Crippen LogP) is 3.95. The van der Waals surface area contributed by atoms with Gasteiger partial charge >= 0.3 is 0 Å². The zero-order chi connectivity index (χ0) is 15.0. The van der Waals surface area contributed by atoms with Crippen molar-refractivity contribution < 1.29 is 13.9 Å². The van der Waals surface area contributed by atoms with Crippen molar-refractivity contribution >= 4 is 23.2 Å². The first-order valence-corrected chi connectivity index (χ1v) is 7.11. The van der Waals surface area contributed by atoms with Gasteiger partial charge in [0.25, 0.3) is 0 Å². The molecular formula is C15H12Cl2FNO2. The van der Waals surface area contributed by atoms with E-state index in [2.05, 4.69) is 0 Å². The number of nitrogens with two attached hydrogens (primary N) is 1. The van der Waals surface area contributed by atoms with Crippen molar-refractivity contribution in [1.29, 1.82) is 0 Å². The normalized spacial score (nSPS) is 14.9. The summed E-state index contributed by atoms with van der Waals surface area (Å²) < 4.78 is 24.9. The van der Waals surface area contributed by atoms with Gasteiger partial charge in [-0.1, -0.05) is 29.3 Å². The lowest BCUT2D eigenvalue weighted by molar-refractivity contribution is 0.171. The van der Waals surface area contributed by atoms with E-state index in [-0.39, 0.29) is 0 Å². The van der Waals surface area contributed by atoms with Gasteiger partial charge in [-0.2, -0.15) is 0 Å². The summed E-state index contributed by atoms with van der Waals surface area (Å²) in [5, 5.41) is 0.720. The lowest BCUT2D eigenvalue weighted by Gasteiger charge is -2.22. The molecule has 1 heterocycles. The molecule has 2 N–H and O–H groups in total. The van der Waals surface area contributed by atoms with E-state index in [0.717, 1.165) is 0 Å². The first-order valence-electron chi connectivity index (χ1n) is 6.36. The molecule has 0 aromatic heterocycles. The highest BCUT2D eigenvalue weighted by atomic mass is 35.5. The van der Waals surface area contributed by atoms with Crippen LogP contribution in [0.2, 0.25) is 10.0 Å². The fourth-order valence-electron chi connectivity index (χ4n) is 2.24. The Kier molecular flexibility index (Phi) is 3.93. The highest BCUT2D eigenvalue weighted by Crippen LogP contribution is 2.39. The summed E-state index contributed by atoms with van der Waals surface area (Å²) in [4.78, 5) is 0. The van der Waals surface area contributed by atoms with Crippen molar-refractivity contribution in [3.63, 3.8) is 0 Å².